The predicted molar refractivity (Wildman–Crippen MR) is 104 cm³/mol. The number of hydrogen-bond acceptors (Lipinski definition) is 4. The molecule has 1 N–H and O–H groups in total. The van der Waals surface area contributed by atoms with Crippen LogP contribution in [-0.2, 0) is 14.8 Å². The maximum Gasteiger partial charge on any atom is 0.243 e. The van der Waals surface area contributed by atoms with E-state index < -0.39 is 10.0 Å². The lowest BCUT2D eigenvalue weighted by Gasteiger charge is -2.33. The van der Waals surface area contributed by atoms with E-state index in [1.807, 2.05) is 0 Å². The van der Waals surface area contributed by atoms with Gasteiger partial charge in [-0.25, -0.2) is 8.42 Å². The van der Waals surface area contributed by atoms with E-state index in [-0.39, 0.29) is 29.3 Å². The molecule has 3 rings (SSSR count). The quantitative estimate of drug-likeness (QED) is 0.833. The number of hydrogen-bond donors (Lipinski definition) is 1. The van der Waals surface area contributed by atoms with Crippen molar-refractivity contribution in [2.45, 2.75) is 56.4 Å². The van der Waals surface area contributed by atoms with Crippen molar-refractivity contribution in [1.29, 1.82) is 0 Å². The minimum Gasteiger partial charge on any atom is -0.497 e. The van der Waals surface area contributed by atoms with E-state index in [4.69, 9.17) is 4.74 Å². The molecule has 3 atom stereocenters. The molecule has 1 heterocycles. The molecule has 0 bridgehead atoms. The monoisotopic (exact) mass is 394 g/mol. The number of carbonyl (C=O) groups is 1. The van der Waals surface area contributed by atoms with Crippen molar-refractivity contribution in [1.82, 2.24) is 9.62 Å². The second-order valence-electron chi connectivity index (χ2n) is 7.86. The van der Waals surface area contributed by atoms with Gasteiger partial charge in [0, 0.05) is 19.1 Å². The van der Waals surface area contributed by atoms with Crippen LogP contribution in [0.1, 0.15) is 45.4 Å². The average molecular weight is 395 g/mol. The number of carbonyl (C=O) groups excluding carboxylic acids is 1. The van der Waals surface area contributed by atoms with Crippen LogP contribution < -0.4 is 10.1 Å². The summed E-state index contributed by atoms with van der Waals surface area (Å²) in [6, 6.07) is 6.63. The fourth-order valence-corrected chi connectivity index (χ4v) is 5.68. The summed E-state index contributed by atoms with van der Waals surface area (Å²) in [6.07, 6.45) is 5.86. The number of nitrogens with one attached hydrogen (secondary N) is 1. The summed E-state index contributed by atoms with van der Waals surface area (Å²) in [7, 11) is -2.05. The number of piperidine rings is 1. The van der Waals surface area contributed by atoms with Crippen molar-refractivity contribution in [3.63, 3.8) is 0 Å². The zero-order valence-corrected chi connectivity index (χ0v) is 17.0. The van der Waals surface area contributed by atoms with Gasteiger partial charge < -0.3 is 10.1 Å². The van der Waals surface area contributed by atoms with Crippen LogP contribution in [-0.4, -0.2) is 44.9 Å². The molecule has 1 aliphatic carbocycles. The molecule has 0 radical (unpaired) electrons. The van der Waals surface area contributed by atoms with E-state index in [1.165, 1.54) is 10.7 Å². The van der Waals surface area contributed by atoms with Crippen LogP contribution in [0.5, 0.6) is 5.75 Å². The van der Waals surface area contributed by atoms with Crippen LogP contribution >= 0.6 is 0 Å². The maximum atomic E-state index is 12.9. The van der Waals surface area contributed by atoms with Gasteiger partial charge in [0.05, 0.1) is 17.9 Å². The van der Waals surface area contributed by atoms with Crippen LogP contribution in [0.3, 0.4) is 0 Å². The molecule has 3 unspecified atom stereocenters. The first kappa shape index (κ1) is 20.1. The third kappa shape index (κ3) is 4.82. The highest BCUT2D eigenvalue weighted by atomic mass is 32.2. The Hall–Kier alpha value is -1.60. The van der Waals surface area contributed by atoms with Crippen LogP contribution in [0.4, 0.5) is 0 Å². The Bertz CT molecular complexity index is 748. The van der Waals surface area contributed by atoms with Gasteiger partial charge in [0.1, 0.15) is 5.75 Å². The largest absolute Gasteiger partial charge is 0.497 e. The van der Waals surface area contributed by atoms with Crippen molar-refractivity contribution in [3.8, 4) is 5.75 Å². The Morgan fingerprint density at radius 2 is 1.89 bits per heavy atom. The first-order chi connectivity index (χ1) is 12.9. The molecule has 1 amide bonds. The highest BCUT2D eigenvalue weighted by Gasteiger charge is 2.34. The van der Waals surface area contributed by atoms with Gasteiger partial charge in [-0.1, -0.05) is 19.8 Å². The summed E-state index contributed by atoms with van der Waals surface area (Å²) >= 11 is 0. The summed E-state index contributed by atoms with van der Waals surface area (Å²) < 4.78 is 32.4. The maximum absolute atomic E-state index is 12.9. The molecule has 6 nitrogen and oxygen atoms in total. The molecule has 1 saturated carbocycles. The molecule has 1 aliphatic heterocycles. The van der Waals surface area contributed by atoms with Gasteiger partial charge >= 0.3 is 0 Å². The van der Waals surface area contributed by atoms with Crippen LogP contribution in [0.25, 0.3) is 0 Å². The first-order valence-corrected chi connectivity index (χ1v) is 11.3. The van der Waals surface area contributed by atoms with Gasteiger partial charge in [0.2, 0.25) is 15.9 Å². The van der Waals surface area contributed by atoms with Gasteiger partial charge in [-0.15, -0.1) is 0 Å². The molecule has 2 fully saturated rings. The predicted octanol–water partition coefficient (Wildman–Crippen LogP) is 2.79. The number of benzene rings is 1. The van der Waals surface area contributed by atoms with E-state index in [9.17, 15) is 13.2 Å². The number of methoxy groups -OCH3 is 1. The van der Waals surface area contributed by atoms with Gasteiger partial charge in [-0.05, 0) is 55.9 Å². The Labute approximate surface area is 162 Å². The third-order valence-corrected chi connectivity index (χ3v) is 7.61. The molecule has 1 aromatic rings. The molecule has 7 heteroatoms. The Morgan fingerprint density at radius 1 is 1.15 bits per heavy atom. The first-order valence-electron chi connectivity index (χ1n) is 9.84. The lowest BCUT2D eigenvalue weighted by atomic mass is 9.86. The summed E-state index contributed by atoms with van der Waals surface area (Å²) in [5.41, 5.74) is 0. The van der Waals surface area contributed by atoms with Gasteiger partial charge in [0.25, 0.3) is 0 Å². The van der Waals surface area contributed by atoms with Crippen molar-refractivity contribution in [3.05, 3.63) is 24.3 Å². The summed E-state index contributed by atoms with van der Waals surface area (Å²) in [5.74, 6) is 0.988. The Morgan fingerprint density at radius 3 is 2.56 bits per heavy atom. The molecule has 2 aliphatic rings. The van der Waals surface area contributed by atoms with E-state index in [0.717, 1.165) is 25.7 Å². The number of ether oxygens (including phenoxy) is 1. The lowest BCUT2D eigenvalue weighted by molar-refractivity contribution is -0.127. The van der Waals surface area contributed by atoms with Crippen molar-refractivity contribution in [2.75, 3.05) is 20.2 Å². The zero-order chi connectivity index (χ0) is 19.4. The number of rotatable bonds is 5. The Balaban J connectivity index is 1.64. The normalized spacial score (nSPS) is 27.1. The number of nitrogens with zero attached hydrogens (tertiary/aromatic N) is 1. The number of sulfonamides is 1. The molecule has 1 saturated heterocycles. The van der Waals surface area contributed by atoms with E-state index in [1.54, 1.807) is 31.4 Å². The summed E-state index contributed by atoms with van der Waals surface area (Å²) in [4.78, 5) is 13.0. The number of amides is 1. The molecule has 0 spiro atoms. The second-order valence-corrected chi connectivity index (χ2v) is 9.79. The SMILES string of the molecule is COc1ccc(S(=O)(=O)N2CCCC(C(=O)NC3CCCC(C)C3)C2)cc1. The average Bonchev–Trinajstić information content (AvgIpc) is 2.68. The second kappa shape index (κ2) is 8.61. The molecular formula is C20H30N2O4S. The molecule has 27 heavy (non-hydrogen) atoms. The minimum absolute atomic E-state index is 0.00345. The lowest BCUT2D eigenvalue weighted by Crippen LogP contribution is -2.48. The van der Waals surface area contributed by atoms with Gasteiger partial charge in [-0.2, -0.15) is 4.31 Å². The minimum atomic E-state index is -3.60. The van der Waals surface area contributed by atoms with Crippen LogP contribution in [0.15, 0.2) is 29.2 Å². The van der Waals surface area contributed by atoms with Crippen LogP contribution in [0.2, 0.25) is 0 Å². The molecule has 1 aromatic carbocycles. The molecule has 150 valence electrons. The zero-order valence-electron chi connectivity index (χ0n) is 16.2. The topological polar surface area (TPSA) is 75.7 Å². The van der Waals surface area contributed by atoms with E-state index in [2.05, 4.69) is 12.2 Å². The standard InChI is InChI=1S/C20H30N2O4S/c1-15-5-3-7-17(13-15)21-20(23)16-6-4-12-22(14-16)27(24,25)19-10-8-18(26-2)9-11-19/h8-11,15-17H,3-7,12-14H2,1-2H3,(H,21,23). The van der Waals surface area contributed by atoms with E-state index in [0.29, 0.717) is 24.6 Å². The van der Waals surface area contributed by atoms with E-state index >= 15 is 0 Å². The van der Waals surface area contributed by atoms with Gasteiger partial charge in [-0.3, -0.25) is 4.79 Å². The smallest absolute Gasteiger partial charge is 0.243 e. The molecular weight excluding hydrogens is 364 g/mol. The van der Waals surface area contributed by atoms with Crippen molar-refractivity contribution < 1.29 is 17.9 Å². The van der Waals surface area contributed by atoms with Gasteiger partial charge in [0.15, 0.2) is 0 Å². The van der Waals surface area contributed by atoms with Crippen molar-refractivity contribution in [2.24, 2.45) is 11.8 Å². The highest BCUT2D eigenvalue weighted by Crippen LogP contribution is 2.27. The Kier molecular flexibility index (Phi) is 6.42. The summed E-state index contributed by atoms with van der Waals surface area (Å²) in [6.45, 7) is 2.93. The summed E-state index contributed by atoms with van der Waals surface area (Å²) in [5, 5.41) is 3.17. The third-order valence-electron chi connectivity index (χ3n) is 5.73. The van der Waals surface area contributed by atoms with Crippen LogP contribution in [0, 0.1) is 11.8 Å². The van der Waals surface area contributed by atoms with Crippen molar-refractivity contribution >= 4 is 15.9 Å². The fourth-order valence-electron chi connectivity index (χ4n) is 4.16. The highest BCUT2D eigenvalue weighted by molar-refractivity contribution is 7.89. The molecule has 0 aromatic heterocycles. The fraction of sp³-hybridized carbons (Fsp3) is 0.650.